The fraction of sp³-hybridized carbons (Fsp3) is 0.125. The van der Waals surface area contributed by atoms with E-state index >= 15 is 0 Å². The summed E-state index contributed by atoms with van der Waals surface area (Å²) in [5, 5.41) is 9.83. The van der Waals surface area contributed by atoms with Gasteiger partial charge in [-0.1, -0.05) is 11.6 Å². The number of pyridine rings is 1. The number of halogens is 2. The molecule has 1 unspecified atom stereocenters. The number of fused-ring (bicyclic) bond motifs is 1. The van der Waals surface area contributed by atoms with Gasteiger partial charge in [0.15, 0.2) is 0 Å². The minimum Gasteiger partial charge on any atom is -0.301 e. The van der Waals surface area contributed by atoms with Crippen LogP contribution in [-0.4, -0.2) is 9.38 Å². The second-order valence-electron chi connectivity index (χ2n) is 4.78. The number of nitriles is 1. The van der Waals surface area contributed by atoms with Crippen molar-refractivity contribution >= 4 is 17.2 Å². The Hall–Kier alpha value is -2.38. The Labute approximate surface area is 126 Å². The molecule has 104 valence electrons. The van der Waals surface area contributed by atoms with E-state index < -0.39 is 0 Å². The second-order valence-corrected chi connectivity index (χ2v) is 5.22. The van der Waals surface area contributed by atoms with Crippen molar-refractivity contribution in [3.05, 3.63) is 59.1 Å². The molecule has 0 aliphatic heterocycles. The van der Waals surface area contributed by atoms with Crippen LogP contribution in [0.15, 0.2) is 42.6 Å². The molecular weight excluding hydrogens is 289 g/mol. The molecular formula is C16H11ClFN3. The van der Waals surface area contributed by atoms with Crippen molar-refractivity contribution in [2.24, 2.45) is 0 Å². The number of hydrogen-bond acceptors (Lipinski definition) is 2. The summed E-state index contributed by atoms with van der Waals surface area (Å²) in [4.78, 5) is 4.55. The van der Waals surface area contributed by atoms with Gasteiger partial charge >= 0.3 is 0 Å². The molecule has 0 saturated heterocycles. The van der Waals surface area contributed by atoms with Crippen LogP contribution >= 0.6 is 11.6 Å². The first-order valence-electron chi connectivity index (χ1n) is 6.43. The fourth-order valence-electron chi connectivity index (χ4n) is 2.33. The third kappa shape index (κ3) is 2.37. The molecule has 0 spiro atoms. The van der Waals surface area contributed by atoms with E-state index in [9.17, 15) is 9.65 Å². The Morgan fingerprint density at radius 3 is 2.62 bits per heavy atom. The molecule has 3 aromatic rings. The number of aromatic nitrogens is 2. The Balaban J connectivity index is 2.31. The molecule has 0 amide bonds. The SMILES string of the molecule is CC(C#N)c1c(-c2ccc(F)cc2)nc2ccc(Cl)cn12. The second kappa shape index (κ2) is 5.19. The average Bonchev–Trinajstić information content (AvgIpc) is 2.85. The summed E-state index contributed by atoms with van der Waals surface area (Å²) in [5.41, 5.74) is 2.90. The number of rotatable bonds is 2. The van der Waals surface area contributed by atoms with Crippen LogP contribution < -0.4 is 0 Å². The molecule has 5 heteroatoms. The molecule has 0 N–H and O–H groups in total. The lowest BCUT2D eigenvalue weighted by Gasteiger charge is -2.07. The van der Waals surface area contributed by atoms with Crippen molar-refractivity contribution in [1.29, 1.82) is 5.26 Å². The van der Waals surface area contributed by atoms with Crippen molar-refractivity contribution in [3.63, 3.8) is 0 Å². The van der Waals surface area contributed by atoms with E-state index in [0.717, 1.165) is 11.3 Å². The molecule has 0 fully saturated rings. The Morgan fingerprint density at radius 2 is 1.95 bits per heavy atom. The number of benzene rings is 1. The first-order chi connectivity index (χ1) is 10.1. The van der Waals surface area contributed by atoms with Gasteiger partial charge in [0.1, 0.15) is 11.5 Å². The molecule has 1 atom stereocenters. The van der Waals surface area contributed by atoms with Gasteiger partial charge in [-0.25, -0.2) is 9.37 Å². The monoisotopic (exact) mass is 299 g/mol. The van der Waals surface area contributed by atoms with Crippen LogP contribution in [0, 0.1) is 17.1 Å². The number of hydrogen-bond donors (Lipinski definition) is 0. The molecule has 0 radical (unpaired) electrons. The maximum absolute atomic E-state index is 13.1. The Kier molecular flexibility index (Phi) is 3.36. The van der Waals surface area contributed by atoms with Crippen LogP contribution in [0.3, 0.4) is 0 Å². The summed E-state index contributed by atoms with van der Waals surface area (Å²) in [6, 6.07) is 11.8. The van der Waals surface area contributed by atoms with Gasteiger partial charge in [0.05, 0.1) is 28.4 Å². The van der Waals surface area contributed by atoms with Gasteiger partial charge in [0, 0.05) is 11.8 Å². The van der Waals surface area contributed by atoms with Gasteiger partial charge < -0.3 is 4.40 Å². The third-order valence-corrected chi connectivity index (χ3v) is 3.56. The zero-order valence-corrected chi connectivity index (χ0v) is 12.0. The maximum atomic E-state index is 13.1. The van der Waals surface area contributed by atoms with Gasteiger partial charge in [0.2, 0.25) is 0 Å². The van der Waals surface area contributed by atoms with E-state index in [1.54, 1.807) is 37.4 Å². The number of imidazole rings is 1. The standard InChI is InChI=1S/C16H11ClFN3/c1-10(8-19)16-15(11-2-5-13(18)6-3-11)20-14-7-4-12(17)9-21(14)16/h2-7,9-10H,1H3. The highest BCUT2D eigenvalue weighted by Gasteiger charge is 2.19. The molecule has 0 saturated carbocycles. The molecule has 0 bridgehead atoms. The predicted octanol–water partition coefficient (Wildman–Crippen LogP) is 4.42. The molecule has 1 aromatic carbocycles. The van der Waals surface area contributed by atoms with Gasteiger partial charge in [0.25, 0.3) is 0 Å². The van der Waals surface area contributed by atoms with E-state index in [1.807, 2.05) is 4.40 Å². The average molecular weight is 300 g/mol. The molecule has 3 nitrogen and oxygen atoms in total. The molecule has 0 aliphatic rings. The fourth-order valence-corrected chi connectivity index (χ4v) is 2.49. The minimum absolute atomic E-state index is 0.305. The largest absolute Gasteiger partial charge is 0.301 e. The van der Waals surface area contributed by atoms with E-state index in [2.05, 4.69) is 11.1 Å². The minimum atomic E-state index is -0.362. The Morgan fingerprint density at radius 1 is 1.24 bits per heavy atom. The third-order valence-electron chi connectivity index (χ3n) is 3.34. The lowest BCUT2D eigenvalue weighted by molar-refractivity contribution is 0.628. The van der Waals surface area contributed by atoms with Crippen molar-refractivity contribution in [2.45, 2.75) is 12.8 Å². The predicted molar refractivity (Wildman–Crippen MR) is 79.6 cm³/mol. The van der Waals surface area contributed by atoms with E-state index in [1.165, 1.54) is 12.1 Å². The van der Waals surface area contributed by atoms with Crippen LogP contribution in [0.2, 0.25) is 5.02 Å². The van der Waals surface area contributed by atoms with Crippen molar-refractivity contribution in [1.82, 2.24) is 9.38 Å². The van der Waals surface area contributed by atoms with Crippen molar-refractivity contribution in [2.75, 3.05) is 0 Å². The highest BCUT2D eigenvalue weighted by Crippen LogP contribution is 2.30. The van der Waals surface area contributed by atoms with Crippen molar-refractivity contribution < 1.29 is 4.39 Å². The highest BCUT2D eigenvalue weighted by atomic mass is 35.5. The summed E-state index contributed by atoms with van der Waals surface area (Å²) in [6.07, 6.45) is 1.74. The molecule has 2 aromatic heterocycles. The summed E-state index contributed by atoms with van der Waals surface area (Å²) in [7, 11) is 0. The normalized spacial score (nSPS) is 12.3. The summed E-state index contributed by atoms with van der Waals surface area (Å²) < 4.78 is 14.9. The molecule has 2 heterocycles. The molecule has 0 aliphatic carbocycles. The van der Waals surface area contributed by atoms with Crippen LogP contribution in [0.5, 0.6) is 0 Å². The lowest BCUT2D eigenvalue weighted by Crippen LogP contribution is -1.98. The van der Waals surface area contributed by atoms with E-state index in [4.69, 9.17) is 11.6 Å². The summed E-state index contributed by atoms with van der Waals surface area (Å²) in [5.74, 6) is -0.668. The van der Waals surface area contributed by atoms with E-state index in [-0.39, 0.29) is 11.7 Å². The quantitative estimate of drug-likeness (QED) is 0.703. The summed E-state index contributed by atoms with van der Waals surface area (Å²) in [6.45, 7) is 1.80. The van der Waals surface area contributed by atoms with Gasteiger partial charge in [-0.05, 0) is 43.3 Å². The van der Waals surface area contributed by atoms with Gasteiger partial charge in [-0.15, -0.1) is 0 Å². The molecule has 21 heavy (non-hydrogen) atoms. The lowest BCUT2D eigenvalue weighted by atomic mass is 10.0. The van der Waals surface area contributed by atoms with Gasteiger partial charge in [-0.2, -0.15) is 5.26 Å². The van der Waals surface area contributed by atoms with Crippen molar-refractivity contribution in [3.8, 4) is 17.3 Å². The topological polar surface area (TPSA) is 41.1 Å². The first kappa shape index (κ1) is 13.6. The maximum Gasteiger partial charge on any atom is 0.137 e. The van der Waals surface area contributed by atoms with Crippen LogP contribution in [-0.2, 0) is 0 Å². The summed E-state index contributed by atoms with van der Waals surface area (Å²) >= 11 is 6.03. The zero-order valence-electron chi connectivity index (χ0n) is 11.2. The highest BCUT2D eigenvalue weighted by molar-refractivity contribution is 6.30. The van der Waals surface area contributed by atoms with Crippen LogP contribution in [0.4, 0.5) is 4.39 Å². The molecule has 3 rings (SSSR count). The number of nitrogens with zero attached hydrogens (tertiary/aromatic N) is 3. The zero-order chi connectivity index (χ0) is 15.0. The van der Waals surface area contributed by atoms with Crippen LogP contribution in [0.1, 0.15) is 18.5 Å². The van der Waals surface area contributed by atoms with E-state index in [0.29, 0.717) is 16.4 Å². The smallest absolute Gasteiger partial charge is 0.137 e. The van der Waals surface area contributed by atoms with Gasteiger partial charge in [-0.3, -0.25) is 0 Å². The van der Waals surface area contributed by atoms with Crippen LogP contribution in [0.25, 0.3) is 16.9 Å². The Bertz CT molecular complexity index is 846. The first-order valence-corrected chi connectivity index (χ1v) is 6.81.